The molecule has 0 radical (unpaired) electrons. The topological polar surface area (TPSA) is 58.6 Å². The summed E-state index contributed by atoms with van der Waals surface area (Å²) >= 11 is 0. The molecule has 0 atom stereocenters. The quantitative estimate of drug-likeness (QED) is 0.865. The van der Waals surface area contributed by atoms with Crippen LogP contribution in [-0.2, 0) is 4.79 Å². The van der Waals surface area contributed by atoms with Crippen LogP contribution in [0.4, 0.5) is 0 Å². The highest BCUT2D eigenvalue weighted by atomic mass is 16.5. The van der Waals surface area contributed by atoms with Crippen molar-refractivity contribution in [2.75, 3.05) is 13.2 Å². The molecule has 1 aromatic carbocycles. The number of hydrogen-bond acceptors (Lipinski definition) is 3. The molecule has 2 rings (SSSR count). The van der Waals surface area contributed by atoms with Gasteiger partial charge in [0.2, 0.25) is 0 Å². The second kappa shape index (κ2) is 5.83. The van der Waals surface area contributed by atoms with Gasteiger partial charge in [-0.2, -0.15) is 0 Å². The van der Waals surface area contributed by atoms with Gasteiger partial charge in [-0.1, -0.05) is 17.7 Å². The molecule has 110 valence electrons. The van der Waals surface area contributed by atoms with E-state index in [1.165, 1.54) is 5.56 Å². The van der Waals surface area contributed by atoms with Gasteiger partial charge in [0, 0.05) is 6.54 Å². The summed E-state index contributed by atoms with van der Waals surface area (Å²) < 4.78 is 5.61. The van der Waals surface area contributed by atoms with Gasteiger partial charge in [-0.25, -0.2) is 0 Å². The Kier molecular flexibility index (Phi) is 4.33. The third kappa shape index (κ3) is 3.51. The first-order valence-corrected chi connectivity index (χ1v) is 7.09. The molecule has 0 aromatic heterocycles. The number of aliphatic hydroxyl groups is 1. The molecule has 0 saturated heterocycles. The minimum Gasteiger partial charge on any atom is -0.483 e. The molecule has 1 fully saturated rings. The summed E-state index contributed by atoms with van der Waals surface area (Å²) in [6.45, 7) is 6.30. The maximum absolute atomic E-state index is 11.7. The molecule has 0 unspecified atom stereocenters. The maximum Gasteiger partial charge on any atom is 0.258 e. The van der Waals surface area contributed by atoms with Crippen LogP contribution in [0.5, 0.6) is 5.75 Å². The lowest BCUT2D eigenvalue weighted by molar-refractivity contribution is -0.125. The second-order valence-corrected chi connectivity index (χ2v) is 5.87. The van der Waals surface area contributed by atoms with Crippen molar-refractivity contribution in [3.8, 4) is 5.75 Å². The van der Waals surface area contributed by atoms with Gasteiger partial charge in [0.05, 0.1) is 5.60 Å². The molecule has 1 amide bonds. The van der Waals surface area contributed by atoms with E-state index in [-0.39, 0.29) is 12.5 Å². The Bertz CT molecular complexity index is 483. The van der Waals surface area contributed by atoms with Crippen LogP contribution < -0.4 is 10.1 Å². The SMILES string of the molecule is Cc1cc(C)c(OCC(=O)NCC2(O)CCC2)c(C)c1. The van der Waals surface area contributed by atoms with Crippen LogP contribution in [0.1, 0.15) is 36.0 Å². The van der Waals surface area contributed by atoms with Crippen LogP contribution in [0.25, 0.3) is 0 Å². The molecule has 4 nitrogen and oxygen atoms in total. The van der Waals surface area contributed by atoms with Crippen LogP contribution in [0, 0.1) is 20.8 Å². The molecule has 1 aromatic rings. The highest BCUT2D eigenvalue weighted by Crippen LogP contribution is 2.30. The average Bonchev–Trinajstić information content (AvgIpc) is 2.32. The lowest BCUT2D eigenvalue weighted by atomic mass is 9.80. The molecular weight excluding hydrogens is 254 g/mol. The van der Waals surface area contributed by atoms with E-state index >= 15 is 0 Å². The van der Waals surface area contributed by atoms with E-state index in [1.807, 2.05) is 32.9 Å². The van der Waals surface area contributed by atoms with Crippen molar-refractivity contribution in [3.63, 3.8) is 0 Å². The number of aryl methyl sites for hydroxylation is 3. The molecule has 0 spiro atoms. The van der Waals surface area contributed by atoms with Gasteiger partial charge in [-0.05, 0) is 51.2 Å². The number of ether oxygens (including phenoxy) is 1. The Morgan fingerprint density at radius 1 is 1.30 bits per heavy atom. The van der Waals surface area contributed by atoms with Gasteiger partial charge in [0.1, 0.15) is 5.75 Å². The summed E-state index contributed by atoms with van der Waals surface area (Å²) in [7, 11) is 0. The third-order valence-corrected chi connectivity index (χ3v) is 3.85. The molecule has 0 bridgehead atoms. The summed E-state index contributed by atoms with van der Waals surface area (Å²) in [5.41, 5.74) is 2.57. The van der Waals surface area contributed by atoms with Crippen molar-refractivity contribution in [1.82, 2.24) is 5.32 Å². The number of amides is 1. The molecule has 1 aliphatic rings. The smallest absolute Gasteiger partial charge is 0.258 e. The largest absolute Gasteiger partial charge is 0.483 e. The lowest BCUT2D eigenvalue weighted by Gasteiger charge is -2.36. The number of carbonyl (C=O) groups excluding carboxylic acids is 1. The average molecular weight is 277 g/mol. The molecule has 0 aliphatic heterocycles. The van der Waals surface area contributed by atoms with E-state index in [1.54, 1.807) is 0 Å². The second-order valence-electron chi connectivity index (χ2n) is 5.87. The van der Waals surface area contributed by atoms with Gasteiger partial charge in [-0.15, -0.1) is 0 Å². The lowest BCUT2D eigenvalue weighted by Crippen LogP contribution is -2.48. The monoisotopic (exact) mass is 277 g/mol. The molecular formula is C16H23NO3. The van der Waals surface area contributed by atoms with Crippen LogP contribution >= 0.6 is 0 Å². The Balaban J connectivity index is 1.84. The maximum atomic E-state index is 11.7. The van der Waals surface area contributed by atoms with E-state index in [9.17, 15) is 9.90 Å². The number of hydrogen-bond donors (Lipinski definition) is 2. The fraction of sp³-hybridized carbons (Fsp3) is 0.562. The predicted octanol–water partition coefficient (Wildman–Crippen LogP) is 2.02. The van der Waals surface area contributed by atoms with Gasteiger partial charge >= 0.3 is 0 Å². The van der Waals surface area contributed by atoms with E-state index < -0.39 is 5.60 Å². The molecule has 1 saturated carbocycles. The number of carbonyl (C=O) groups is 1. The standard InChI is InChI=1S/C16H23NO3/c1-11-7-12(2)15(13(3)8-11)20-9-14(18)17-10-16(19)5-4-6-16/h7-8,19H,4-6,9-10H2,1-3H3,(H,17,18). The fourth-order valence-corrected chi connectivity index (χ4v) is 2.61. The van der Waals surface area contributed by atoms with Crippen LogP contribution in [0.15, 0.2) is 12.1 Å². The summed E-state index contributed by atoms with van der Waals surface area (Å²) in [6.07, 6.45) is 2.57. The van der Waals surface area contributed by atoms with E-state index in [0.717, 1.165) is 36.1 Å². The first-order chi connectivity index (χ1) is 9.39. The number of nitrogens with one attached hydrogen (secondary N) is 1. The van der Waals surface area contributed by atoms with Gasteiger partial charge in [-0.3, -0.25) is 4.79 Å². The molecule has 0 heterocycles. The van der Waals surface area contributed by atoms with Gasteiger partial charge in [0.25, 0.3) is 5.91 Å². The minimum atomic E-state index is -0.689. The van der Waals surface area contributed by atoms with E-state index in [2.05, 4.69) is 5.32 Å². The summed E-state index contributed by atoms with van der Waals surface area (Å²) in [5.74, 6) is 0.581. The zero-order valence-corrected chi connectivity index (χ0v) is 12.5. The summed E-state index contributed by atoms with van der Waals surface area (Å²) in [4.78, 5) is 11.7. The van der Waals surface area contributed by atoms with Crippen molar-refractivity contribution < 1.29 is 14.6 Å². The minimum absolute atomic E-state index is 0.0131. The highest BCUT2D eigenvalue weighted by molar-refractivity contribution is 5.77. The van der Waals surface area contributed by atoms with Crippen molar-refractivity contribution >= 4 is 5.91 Å². The van der Waals surface area contributed by atoms with Crippen molar-refractivity contribution in [3.05, 3.63) is 28.8 Å². The van der Waals surface area contributed by atoms with Crippen molar-refractivity contribution in [2.24, 2.45) is 0 Å². The summed E-state index contributed by atoms with van der Waals surface area (Å²) in [6, 6.07) is 4.08. The van der Waals surface area contributed by atoms with Crippen LogP contribution in [-0.4, -0.2) is 29.8 Å². The summed E-state index contributed by atoms with van der Waals surface area (Å²) in [5, 5.41) is 12.6. The Morgan fingerprint density at radius 2 is 1.90 bits per heavy atom. The molecule has 4 heteroatoms. The van der Waals surface area contributed by atoms with Crippen LogP contribution in [0.2, 0.25) is 0 Å². The normalized spacial score (nSPS) is 16.4. The van der Waals surface area contributed by atoms with Crippen LogP contribution in [0.3, 0.4) is 0 Å². The Labute approximate surface area is 120 Å². The fourth-order valence-electron chi connectivity index (χ4n) is 2.61. The zero-order chi connectivity index (χ0) is 14.8. The first-order valence-electron chi connectivity index (χ1n) is 7.09. The Hall–Kier alpha value is -1.55. The highest BCUT2D eigenvalue weighted by Gasteiger charge is 2.34. The third-order valence-electron chi connectivity index (χ3n) is 3.85. The molecule has 1 aliphatic carbocycles. The zero-order valence-electron chi connectivity index (χ0n) is 12.5. The number of benzene rings is 1. The van der Waals surface area contributed by atoms with Crippen molar-refractivity contribution in [2.45, 2.75) is 45.6 Å². The van der Waals surface area contributed by atoms with Gasteiger partial charge < -0.3 is 15.2 Å². The van der Waals surface area contributed by atoms with Gasteiger partial charge in [0.15, 0.2) is 6.61 Å². The molecule has 2 N–H and O–H groups in total. The first kappa shape index (κ1) is 14.9. The van der Waals surface area contributed by atoms with Crippen molar-refractivity contribution in [1.29, 1.82) is 0 Å². The van der Waals surface area contributed by atoms with E-state index in [4.69, 9.17) is 4.74 Å². The Morgan fingerprint density at radius 3 is 2.40 bits per heavy atom. The van der Waals surface area contributed by atoms with E-state index in [0.29, 0.717) is 6.54 Å². The predicted molar refractivity (Wildman–Crippen MR) is 78.0 cm³/mol. The molecule has 20 heavy (non-hydrogen) atoms. The number of rotatable bonds is 5.